The SMILES string of the molecule is CC(C)C[C@H](NC(=O)c1ccc(-c2ccc(O)cc2)cc1)C(=O)O. The minimum Gasteiger partial charge on any atom is -0.508 e. The molecule has 2 aromatic rings. The summed E-state index contributed by atoms with van der Waals surface area (Å²) in [6.45, 7) is 3.82. The van der Waals surface area contributed by atoms with Crippen molar-refractivity contribution in [3.05, 3.63) is 54.1 Å². The van der Waals surface area contributed by atoms with Gasteiger partial charge in [0.05, 0.1) is 0 Å². The third kappa shape index (κ3) is 4.59. The quantitative estimate of drug-likeness (QED) is 0.760. The molecular weight excluding hydrogens is 306 g/mol. The van der Waals surface area contributed by atoms with Crippen molar-refractivity contribution < 1.29 is 19.8 Å². The second kappa shape index (κ2) is 7.64. The van der Waals surface area contributed by atoms with Gasteiger partial charge in [0, 0.05) is 5.56 Å². The number of rotatable bonds is 6. The summed E-state index contributed by atoms with van der Waals surface area (Å²) < 4.78 is 0. The summed E-state index contributed by atoms with van der Waals surface area (Å²) in [6.07, 6.45) is 0.382. The molecule has 0 aliphatic heterocycles. The van der Waals surface area contributed by atoms with E-state index >= 15 is 0 Å². The fourth-order valence-electron chi connectivity index (χ4n) is 2.40. The van der Waals surface area contributed by atoms with Crippen LogP contribution >= 0.6 is 0 Å². The zero-order valence-electron chi connectivity index (χ0n) is 13.7. The summed E-state index contributed by atoms with van der Waals surface area (Å²) in [5, 5.41) is 21.1. The Labute approximate surface area is 141 Å². The van der Waals surface area contributed by atoms with Gasteiger partial charge in [0.2, 0.25) is 0 Å². The van der Waals surface area contributed by atoms with E-state index in [0.717, 1.165) is 11.1 Å². The van der Waals surface area contributed by atoms with Gasteiger partial charge in [-0.1, -0.05) is 38.1 Å². The number of nitrogens with one attached hydrogen (secondary N) is 1. The lowest BCUT2D eigenvalue weighted by Gasteiger charge is -2.16. The van der Waals surface area contributed by atoms with E-state index in [0.29, 0.717) is 12.0 Å². The van der Waals surface area contributed by atoms with Crippen molar-refractivity contribution in [3.8, 4) is 16.9 Å². The van der Waals surface area contributed by atoms with E-state index in [9.17, 15) is 19.8 Å². The van der Waals surface area contributed by atoms with Gasteiger partial charge in [-0.15, -0.1) is 0 Å². The Hall–Kier alpha value is -2.82. The Morgan fingerprint density at radius 3 is 1.92 bits per heavy atom. The highest BCUT2D eigenvalue weighted by molar-refractivity contribution is 5.97. The van der Waals surface area contributed by atoms with Gasteiger partial charge >= 0.3 is 5.97 Å². The van der Waals surface area contributed by atoms with Crippen LogP contribution in [0.3, 0.4) is 0 Å². The molecule has 126 valence electrons. The number of phenolic OH excluding ortho intramolecular Hbond substituents is 1. The monoisotopic (exact) mass is 327 g/mol. The Morgan fingerprint density at radius 1 is 0.958 bits per heavy atom. The van der Waals surface area contributed by atoms with E-state index < -0.39 is 17.9 Å². The average molecular weight is 327 g/mol. The molecule has 0 fully saturated rings. The van der Waals surface area contributed by atoms with Crippen molar-refractivity contribution in [3.63, 3.8) is 0 Å². The zero-order chi connectivity index (χ0) is 17.7. The number of carbonyl (C=O) groups is 2. The number of amides is 1. The van der Waals surface area contributed by atoms with Crippen LogP contribution in [0, 0.1) is 5.92 Å². The van der Waals surface area contributed by atoms with Crippen molar-refractivity contribution >= 4 is 11.9 Å². The van der Waals surface area contributed by atoms with E-state index in [2.05, 4.69) is 5.32 Å². The van der Waals surface area contributed by atoms with Crippen LogP contribution in [0.1, 0.15) is 30.6 Å². The van der Waals surface area contributed by atoms with Crippen molar-refractivity contribution in [1.82, 2.24) is 5.32 Å². The van der Waals surface area contributed by atoms with E-state index in [1.54, 1.807) is 48.5 Å². The summed E-state index contributed by atoms with van der Waals surface area (Å²) >= 11 is 0. The molecule has 5 heteroatoms. The maximum atomic E-state index is 12.2. The molecule has 0 aliphatic rings. The first-order valence-corrected chi connectivity index (χ1v) is 7.80. The largest absolute Gasteiger partial charge is 0.508 e. The first kappa shape index (κ1) is 17.5. The van der Waals surface area contributed by atoms with Gasteiger partial charge in [-0.3, -0.25) is 4.79 Å². The van der Waals surface area contributed by atoms with Gasteiger partial charge in [0.1, 0.15) is 11.8 Å². The standard InChI is InChI=1S/C19H21NO4/c1-12(2)11-17(19(23)24)20-18(22)15-5-3-13(4-6-15)14-7-9-16(21)10-8-14/h3-10,12,17,21H,11H2,1-2H3,(H,20,22)(H,23,24)/t17-/m0/s1. The number of aliphatic carboxylic acids is 1. The summed E-state index contributed by atoms with van der Waals surface area (Å²) in [4.78, 5) is 23.5. The molecule has 0 saturated heterocycles. The molecule has 0 unspecified atom stereocenters. The normalized spacial score (nSPS) is 12.0. The van der Waals surface area contributed by atoms with Crippen LogP contribution in [0.2, 0.25) is 0 Å². The summed E-state index contributed by atoms with van der Waals surface area (Å²) in [5.41, 5.74) is 2.24. The molecule has 0 radical (unpaired) electrons. The fourth-order valence-corrected chi connectivity index (χ4v) is 2.40. The number of carboxylic acids is 1. The number of carboxylic acid groups (broad SMARTS) is 1. The van der Waals surface area contributed by atoms with E-state index in [4.69, 9.17) is 0 Å². The molecular formula is C19H21NO4. The predicted octanol–water partition coefficient (Wildman–Crippen LogP) is 3.29. The molecule has 5 nitrogen and oxygen atoms in total. The molecule has 3 N–H and O–H groups in total. The number of hydrogen-bond donors (Lipinski definition) is 3. The van der Waals surface area contributed by atoms with Gasteiger partial charge in [-0.2, -0.15) is 0 Å². The summed E-state index contributed by atoms with van der Waals surface area (Å²) in [7, 11) is 0. The lowest BCUT2D eigenvalue weighted by atomic mass is 10.0. The molecule has 1 atom stereocenters. The van der Waals surface area contributed by atoms with E-state index in [1.807, 2.05) is 13.8 Å². The maximum Gasteiger partial charge on any atom is 0.326 e. The van der Waals surface area contributed by atoms with Gasteiger partial charge < -0.3 is 15.5 Å². The summed E-state index contributed by atoms with van der Waals surface area (Å²) in [6, 6.07) is 12.8. The van der Waals surface area contributed by atoms with Gasteiger partial charge in [-0.05, 0) is 47.7 Å². The van der Waals surface area contributed by atoms with Crippen LogP contribution < -0.4 is 5.32 Å². The highest BCUT2D eigenvalue weighted by Crippen LogP contribution is 2.22. The number of carbonyl (C=O) groups excluding carboxylic acids is 1. The topological polar surface area (TPSA) is 86.6 Å². The van der Waals surface area contributed by atoms with E-state index in [-0.39, 0.29) is 11.7 Å². The highest BCUT2D eigenvalue weighted by Gasteiger charge is 2.21. The zero-order valence-corrected chi connectivity index (χ0v) is 13.7. The molecule has 0 spiro atoms. The first-order chi connectivity index (χ1) is 11.4. The lowest BCUT2D eigenvalue weighted by molar-refractivity contribution is -0.139. The van der Waals surface area contributed by atoms with Crippen LogP contribution in [-0.2, 0) is 4.79 Å². The first-order valence-electron chi connectivity index (χ1n) is 7.80. The van der Waals surface area contributed by atoms with Crippen LogP contribution in [0.4, 0.5) is 0 Å². The number of phenols is 1. The van der Waals surface area contributed by atoms with Crippen LogP contribution in [0.25, 0.3) is 11.1 Å². The third-order valence-corrected chi connectivity index (χ3v) is 3.66. The Kier molecular flexibility index (Phi) is 5.58. The van der Waals surface area contributed by atoms with Crippen LogP contribution in [0.15, 0.2) is 48.5 Å². The lowest BCUT2D eigenvalue weighted by Crippen LogP contribution is -2.41. The fraction of sp³-hybridized carbons (Fsp3) is 0.263. The average Bonchev–Trinajstić information content (AvgIpc) is 2.54. The third-order valence-electron chi connectivity index (χ3n) is 3.66. The Balaban J connectivity index is 2.10. The van der Waals surface area contributed by atoms with Gasteiger partial charge in [0.15, 0.2) is 0 Å². The highest BCUT2D eigenvalue weighted by atomic mass is 16.4. The molecule has 24 heavy (non-hydrogen) atoms. The molecule has 2 aromatic carbocycles. The maximum absolute atomic E-state index is 12.2. The molecule has 0 heterocycles. The van der Waals surface area contributed by atoms with Crippen LogP contribution in [0.5, 0.6) is 5.75 Å². The summed E-state index contributed by atoms with van der Waals surface area (Å²) in [5.74, 6) is -1.07. The van der Waals surface area contributed by atoms with Crippen molar-refractivity contribution in [2.75, 3.05) is 0 Å². The molecule has 0 bridgehead atoms. The molecule has 0 aromatic heterocycles. The van der Waals surface area contributed by atoms with Crippen LogP contribution in [-0.4, -0.2) is 28.1 Å². The van der Waals surface area contributed by atoms with E-state index in [1.165, 1.54) is 0 Å². The number of benzene rings is 2. The number of hydrogen-bond acceptors (Lipinski definition) is 3. The molecule has 1 amide bonds. The predicted molar refractivity (Wildman–Crippen MR) is 91.9 cm³/mol. The Bertz CT molecular complexity index is 705. The molecule has 0 saturated carbocycles. The second-order valence-corrected chi connectivity index (χ2v) is 6.12. The molecule has 0 aliphatic carbocycles. The van der Waals surface area contributed by atoms with Gasteiger partial charge in [-0.25, -0.2) is 4.79 Å². The van der Waals surface area contributed by atoms with Crippen molar-refractivity contribution in [2.45, 2.75) is 26.3 Å². The van der Waals surface area contributed by atoms with Crippen molar-refractivity contribution in [1.29, 1.82) is 0 Å². The smallest absolute Gasteiger partial charge is 0.326 e. The molecule has 2 rings (SSSR count). The Morgan fingerprint density at radius 2 is 1.46 bits per heavy atom. The number of aromatic hydroxyl groups is 1. The van der Waals surface area contributed by atoms with Gasteiger partial charge in [0.25, 0.3) is 5.91 Å². The van der Waals surface area contributed by atoms with Crippen molar-refractivity contribution in [2.24, 2.45) is 5.92 Å². The minimum atomic E-state index is -1.03. The minimum absolute atomic E-state index is 0.170. The second-order valence-electron chi connectivity index (χ2n) is 6.12.